The van der Waals surface area contributed by atoms with Gasteiger partial charge < -0.3 is 5.11 Å². The summed E-state index contributed by atoms with van der Waals surface area (Å²) < 4.78 is 12.2. The molecule has 0 heterocycles. The molecule has 2 nitrogen and oxygen atoms in total. The Bertz CT molecular complexity index is 122. The Hall–Kier alpha value is -0.860. The molecule has 2 atom stereocenters. The molecule has 0 radical (unpaired) electrons. The fourth-order valence-corrected chi connectivity index (χ4v) is 0.344. The smallest absolute Gasteiger partial charge is 0.338 e. The molecule has 0 aliphatic carbocycles. The molecule has 2 unspecified atom stereocenters. The Morgan fingerprint density at radius 3 is 2.44 bits per heavy atom. The van der Waals surface area contributed by atoms with Crippen molar-refractivity contribution in [3.63, 3.8) is 0 Å². The topological polar surface area (TPSA) is 37.3 Å². The SMILES string of the molecule is C=CC(C)C(F)C(=O)O. The number of hydrogen-bond donors (Lipinski definition) is 1. The van der Waals surface area contributed by atoms with Crippen molar-refractivity contribution in [1.82, 2.24) is 0 Å². The lowest BCUT2D eigenvalue weighted by atomic mass is 10.1. The lowest BCUT2D eigenvalue weighted by Crippen LogP contribution is -2.20. The predicted octanol–water partition coefficient (Wildman–Crippen LogP) is 1.23. The minimum absolute atomic E-state index is 0.609. The van der Waals surface area contributed by atoms with Gasteiger partial charge in [0.15, 0.2) is 0 Å². The van der Waals surface area contributed by atoms with Gasteiger partial charge in [-0.15, -0.1) is 6.58 Å². The number of hydrogen-bond acceptors (Lipinski definition) is 1. The number of aliphatic carboxylic acids is 1. The zero-order chi connectivity index (χ0) is 7.44. The number of carboxylic acids is 1. The molecule has 0 aromatic heterocycles. The van der Waals surface area contributed by atoms with Gasteiger partial charge in [-0.1, -0.05) is 13.0 Å². The predicted molar refractivity (Wildman–Crippen MR) is 31.9 cm³/mol. The first kappa shape index (κ1) is 8.14. The third-order valence-corrected chi connectivity index (χ3v) is 1.07. The van der Waals surface area contributed by atoms with E-state index in [1.54, 1.807) is 0 Å². The van der Waals surface area contributed by atoms with Crippen LogP contribution < -0.4 is 0 Å². The normalized spacial score (nSPS) is 16.2. The van der Waals surface area contributed by atoms with E-state index in [2.05, 4.69) is 6.58 Å². The van der Waals surface area contributed by atoms with Gasteiger partial charge in [-0.3, -0.25) is 0 Å². The van der Waals surface area contributed by atoms with E-state index in [1.165, 1.54) is 13.0 Å². The average molecular weight is 132 g/mol. The molecule has 0 spiro atoms. The number of halogens is 1. The quantitative estimate of drug-likeness (QED) is 0.586. The molecule has 0 bridgehead atoms. The summed E-state index contributed by atoms with van der Waals surface area (Å²) in [6.45, 7) is 4.72. The maximum Gasteiger partial charge on any atom is 0.338 e. The van der Waals surface area contributed by atoms with Crippen LogP contribution >= 0.6 is 0 Å². The molecule has 0 aromatic carbocycles. The maximum atomic E-state index is 12.2. The van der Waals surface area contributed by atoms with E-state index in [0.29, 0.717) is 0 Å². The summed E-state index contributed by atoms with van der Waals surface area (Å²) in [6.07, 6.45) is -0.541. The third-order valence-electron chi connectivity index (χ3n) is 1.07. The Morgan fingerprint density at radius 2 is 2.33 bits per heavy atom. The van der Waals surface area contributed by atoms with Crippen LogP contribution in [0, 0.1) is 5.92 Å². The summed E-state index contributed by atoms with van der Waals surface area (Å²) in [5, 5.41) is 8.06. The second-order valence-electron chi connectivity index (χ2n) is 1.83. The second-order valence-corrected chi connectivity index (χ2v) is 1.83. The highest BCUT2D eigenvalue weighted by molar-refractivity contribution is 5.72. The average Bonchev–Trinajstić information content (AvgIpc) is 1.84. The highest BCUT2D eigenvalue weighted by Crippen LogP contribution is 2.07. The molecule has 0 saturated carbocycles. The standard InChI is InChI=1S/C6H9FO2/c1-3-4(2)5(7)6(8)9/h3-5H,1H2,2H3,(H,8,9). The summed E-state index contributed by atoms with van der Waals surface area (Å²) in [6, 6.07) is 0. The van der Waals surface area contributed by atoms with Crippen LogP contribution in [0.15, 0.2) is 12.7 Å². The Labute approximate surface area is 53.0 Å². The molecule has 0 aromatic rings. The van der Waals surface area contributed by atoms with Crippen LogP contribution in [0.25, 0.3) is 0 Å². The molecule has 3 heteroatoms. The van der Waals surface area contributed by atoms with E-state index in [9.17, 15) is 9.18 Å². The minimum atomic E-state index is -1.82. The molecular weight excluding hydrogens is 123 g/mol. The summed E-state index contributed by atoms with van der Waals surface area (Å²) in [7, 11) is 0. The van der Waals surface area contributed by atoms with Crippen LogP contribution in [0.3, 0.4) is 0 Å². The van der Waals surface area contributed by atoms with Crippen LogP contribution in [0.2, 0.25) is 0 Å². The Balaban J connectivity index is 3.86. The Kier molecular flexibility index (Phi) is 2.91. The van der Waals surface area contributed by atoms with E-state index in [4.69, 9.17) is 5.11 Å². The highest BCUT2D eigenvalue weighted by Gasteiger charge is 2.20. The number of allylic oxidation sites excluding steroid dienone is 1. The van der Waals surface area contributed by atoms with Gasteiger partial charge in [0.25, 0.3) is 0 Å². The van der Waals surface area contributed by atoms with E-state index in [0.717, 1.165) is 0 Å². The van der Waals surface area contributed by atoms with Gasteiger partial charge in [-0.2, -0.15) is 0 Å². The van der Waals surface area contributed by atoms with Gasteiger partial charge in [-0.05, 0) is 0 Å². The van der Waals surface area contributed by atoms with E-state index in [-0.39, 0.29) is 0 Å². The zero-order valence-corrected chi connectivity index (χ0v) is 5.17. The maximum absolute atomic E-state index is 12.2. The summed E-state index contributed by atoms with van der Waals surface area (Å²) in [5.74, 6) is -2.04. The van der Waals surface area contributed by atoms with Crippen molar-refractivity contribution in [1.29, 1.82) is 0 Å². The minimum Gasteiger partial charge on any atom is -0.479 e. The highest BCUT2D eigenvalue weighted by atomic mass is 19.1. The zero-order valence-electron chi connectivity index (χ0n) is 5.17. The molecule has 52 valence electrons. The largest absolute Gasteiger partial charge is 0.479 e. The molecule has 1 N–H and O–H groups in total. The van der Waals surface area contributed by atoms with Crippen molar-refractivity contribution in [2.75, 3.05) is 0 Å². The van der Waals surface area contributed by atoms with Crippen molar-refractivity contribution in [3.8, 4) is 0 Å². The third kappa shape index (κ3) is 2.26. The number of rotatable bonds is 3. The summed E-state index contributed by atoms with van der Waals surface area (Å²) in [4.78, 5) is 9.88. The van der Waals surface area contributed by atoms with Gasteiger partial charge in [0, 0.05) is 5.92 Å². The van der Waals surface area contributed by atoms with Crippen LogP contribution in [-0.2, 0) is 4.79 Å². The first-order valence-corrected chi connectivity index (χ1v) is 2.59. The molecule has 0 aliphatic heterocycles. The first-order chi connectivity index (χ1) is 4.09. The molecule has 0 rings (SSSR count). The lowest BCUT2D eigenvalue weighted by Gasteiger charge is -2.05. The fourth-order valence-electron chi connectivity index (χ4n) is 0.344. The van der Waals surface area contributed by atoms with Crippen LogP contribution in [0.5, 0.6) is 0 Å². The van der Waals surface area contributed by atoms with Crippen molar-refractivity contribution < 1.29 is 14.3 Å². The summed E-state index contributed by atoms with van der Waals surface area (Å²) in [5.41, 5.74) is 0. The molecule has 0 amide bonds. The number of carbonyl (C=O) groups is 1. The van der Waals surface area contributed by atoms with Gasteiger partial charge >= 0.3 is 5.97 Å². The van der Waals surface area contributed by atoms with E-state index >= 15 is 0 Å². The van der Waals surface area contributed by atoms with Gasteiger partial charge in [-0.25, -0.2) is 9.18 Å². The van der Waals surface area contributed by atoms with Crippen molar-refractivity contribution in [2.24, 2.45) is 5.92 Å². The first-order valence-electron chi connectivity index (χ1n) is 2.59. The monoisotopic (exact) mass is 132 g/mol. The van der Waals surface area contributed by atoms with Crippen molar-refractivity contribution >= 4 is 5.97 Å². The second kappa shape index (κ2) is 3.22. The van der Waals surface area contributed by atoms with Crippen LogP contribution in [0.4, 0.5) is 4.39 Å². The van der Waals surface area contributed by atoms with Crippen LogP contribution in [0.1, 0.15) is 6.92 Å². The fraction of sp³-hybridized carbons (Fsp3) is 0.500. The van der Waals surface area contributed by atoms with Crippen LogP contribution in [-0.4, -0.2) is 17.2 Å². The number of carboxylic acid groups (broad SMARTS) is 1. The van der Waals surface area contributed by atoms with E-state index < -0.39 is 18.1 Å². The Morgan fingerprint density at radius 1 is 1.89 bits per heavy atom. The molecule has 9 heavy (non-hydrogen) atoms. The molecule has 0 aliphatic rings. The lowest BCUT2D eigenvalue weighted by molar-refractivity contribution is -0.143. The van der Waals surface area contributed by atoms with Gasteiger partial charge in [0.2, 0.25) is 6.17 Å². The van der Waals surface area contributed by atoms with Crippen molar-refractivity contribution in [2.45, 2.75) is 13.1 Å². The molecular formula is C6H9FO2. The summed E-state index contributed by atoms with van der Waals surface area (Å²) >= 11 is 0. The molecule has 0 fully saturated rings. The number of alkyl halides is 1. The van der Waals surface area contributed by atoms with E-state index in [1.807, 2.05) is 0 Å². The van der Waals surface area contributed by atoms with Crippen molar-refractivity contribution in [3.05, 3.63) is 12.7 Å². The van der Waals surface area contributed by atoms with Gasteiger partial charge in [0.05, 0.1) is 0 Å². The van der Waals surface area contributed by atoms with Gasteiger partial charge in [0.1, 0.15) is 0 Å². The molecule has 0 saturated heterocycles.